The molecule has 0 aromatic heterocycles. The SMILES string of the molecule is CCOC(=O)C(Cc1ccc(C(=O)OC(C)(C)C)cc1)c1ccc(-c2ccc3c(c2)CCO3)cc1. The number of fused-ring (bicyclic) bond motifs is 1. The number of benzene rings is 3. The molecular weight excluding hydrogens is 440 g/mol. The first-order chi connectivity index (χ1) is 16.7. The quantitative estimate of drug-likeness (QED) is 0.387. The summed E-state index contributed by atoms with van der Waals surface area (Å²) < 4.78 is 16.4. The molecule has 4 rings (SSSR count). The lowest BCUT2D eigenvalue weighted by Gasteiger charge is -2.20. The Morgan fingerprint density at radius 1 is 0.943 bits per heavy atom. The summed E-state index contributed by atoms with van der Waals surface area (Å²) in [6, 6.07) is 21.6. The predicted octanol–water partition coefficient (Wildman–Crippen LogP) is 6.13. The predicted molar refractivity (Wildman–Crippen MR) is 136 cm³/mol. The van der Waals surface area contributed by atoms with Gasteiger partial charge in [-0.1, -0.05) is 42.5 Å². The van der Waals surface area contributed by atoms with E-state index < -0.39 is 11.5 Å². The Bertz CT molecular complexity index is 1190. The number of carbonyl (C=O) groups is 2. The van der Waals surface area contributed by atoms with E-state index in [4.69, 9.17) is 14.2 Å². The van der Waals surface area contributed by atoms with E-state index in [0.717, 1.165) is 41.0 Å². The maximum Gasteiger partial charge on any atom is 0.338 e. The maximum atomic E-state index is 12.9. The maximum absolute atomic E-state index is 12.9. The summed E-state index contributed by atoms with van der Waals surface area (Å²) in [6.45, 7) is 8.39. The largest absolute Gasteiger partial charge is 0.493 e. The van der Waals surface area contributed by atoms with E-state index in [9.17, 15) is 9.59 Å². The van der Waals surface area contributed by atoms with Crippen LogP contribution >= 0.6 is 0 Å². The van der Waals surface area contributed by atoms with Gasteiger partial charge in [-0.2, -0.15) is 0 Å². The zero-order valence-electron chi connectivity index (χ0n) is 20.8. The summed E-state index contributed by atoms with van der Waals surface area (Å²) in [5.41, 5.74) is 5.22. The van der Waals surface area contributed by atoms with Crippen molar-refractivity contribution in [2.45, 2.75) is 52.1 Å². The molecule has 1 heterocycles. The highest BCUT2D eigenvalue weighted by molar-refractivity contribution is 5.89. The van der Waals surface area contributed by atoms with Gasteiger partial charge >= 0.3 is 11.9 Å². The van der Waals surface area contributed by atoms with Gasteiger partial charge in [-0.3, -0.25) is 4.79 Å². The van der Waals surface area contributed by atoms with Gasteiger partial charge in [0, 0.05) is 6.42 Å². The van der Waals surface area contributed by atoms with E-state index in [1.165, 1.54) is 5.56 Å². The number of hydrogen-bond acceptors (Lipinski definition) is 5. The van der Waals surface area contributed by atoms with Gasteiger partial charge in [0.1, 0.15) is 11.4 Å². The zero-order chi connectivity index (χ0) is 25.0. The molecule has 0 amide bonds. The number of carbonyl (C=O) groups excluding carboxylic acids is 2. The van der Waals surface area contributed by atoms with Crippen LogP contribution in [0.3, 0.4) is 0 Å². The first-order valence-electron chi connectivity index (χ1n) is 12.1. The summed E-state index contributed by atoms with van der Waals surface area (Å²) in [7, 11) is 0. The van der Waals surface area contributed by atoms with Crippen LogP contribution in [0.1, 0.15) is 60.7 Å². The lowest BCUT2D eigenvalue weighted by atomic mass is 9.90. The zero-order valence-corrected chi connectivity index (χ0v) is 20.8. The highest BCUT2D eigenvalue weighted by Crippen LogP contribution is 2.32. The van der Waals surface area contributed by atoms with E-state index >= 15 is 0 Å². The highest BCUT2D eigenvalue weighted by atomic mass is 16.6. The lowest BCUT2D eigenvalue weighted by Crippen LogP contribution is -2.23. The molecule has 1 unspecified atom stereocenters. The molecule has 1 aliphatic rings. The van der Waals surface area contributed by atoms with E-state index in [2.05, 4.69) is 12.1 Å². The standard InChI is InChI=1S/C30H32O5/c1-5-33-29(32)26(18-20-6-8-23(9-7-20)28(31)35-30(2,3)4)22-12-10-21(11-13-22)24-14-15-27-25(19-24)16-17-34-27/h6-15,19,26H,5,16-18H2,1-4H3. The topological polar surface area (TPSA) is 61.8 Å². The monoisotopic (exact) mass is 472 g/mol. The van der Waals surface area contributed by atoms with E-state index in [1.807, 2.05) is 70.2 Å². The molecule has 0 saturated heterocycles. The van der Waals surface area contributed by atoms with Crippen LogP contribution in [0.15, 0.2) is 66.7 Å². The van der Waals surface area contributed by atoms with Crippen molar-refractivity contribution in [2.75, 3.05) is 13.2 Å². The smallest absolute Gasteiger partial charge is 0.338 e. The molecular formula is C30H32O5. The minimum atomic E-state index is -0.551. The molecule has 0 saturated carbocycles. The molecule has 0 radical (unpaired) electrons. The molecule has 0 N–H and O–H groups in total. The third-order valence-electron chi connectivity index (χ3n) is 5.94. The van der Waals surface area contributed by atoms with Crippen LogP contribution in [-0.2, 0) is 27.1 Å². The van der Waals surface area contributed by atoms with Crippen LogP contribution in [0.2, 0.25) is 0 Å². The lowest BCUT2D eigenvalue weighted by molar-refractivity contribution is -0.144. The molecule has 0 fully saturated rings. The molecule has 182 valence electrons. The molecule has 0 spiro atoms. The Labute approximate surface area is 207 Å². The molecule has 5 heteroatoms. The molecule has 3 aromatic rings. The van der Waals surface area contributed by atoms with Crippen molar-refractivity contribution in [1.29, 1.82) is 0 Å². The Hall–Kier alpha value is -3.60. The number of hydrogen-bond donors (Lipinski definition) is 0. The Balaban J connectivity index is 1.52. The van der Waals surface area contributed by atoms with Crippen LogP contribution < -0.4 is 4.74 Å². The first-order valence-corrected chi connectivity index (χ1v) is 12.1. The van der Waals surface area contributed by atoms with Crippen molar-refractivity contribution < 1.29 is 23.8 Å². The third-order valence-corrected chi connectivity index (χ3v) is 5.94. The minimum absolute atomic E-state index is 0.258. The molecule has 1 atom stereocenters. The van der Waals surface area contributed by atoms with Crippen LogP contribution in [0.25, 0.3) is 11.1 Å². The molecule has 0 bridgehead atoms. The fraction of sp³-hybridized carbons (Fsp3) is 0.333. The molecule has 5 nitrogen and oxygen atoms in total. The van der Waals surface area contributed by atoms with Gasteiger partial charge in [0.2, 0.25) is 0 Å². The highest BCUT2D eigenvalue weighted by Gasteiger charge is 2.24. The van der Waals surface area contributed by atoms with Crippen LogP contribution in [-0.4, -0.2) is 30.8 Å². The fourth-order valence-corrected chi connectivity index (χ4v) is 4.20. The Morgan fingerprint density at radius 2 is 1.63 bits per heavy atom. The van der Waals surface area contributed by atoms with Gasteiger partial charge in [-0.25, -0.2) is 4.79 Å². The van der Waals surface area contributed by atoms with Crippen molar-refractivity contribution in [3.8, 4) is 16.9 Å². The summed E-state index contributed by atoms with van der Waals surface area (Å²) in [5, 5.41) is 0. The average Bonchev–Trinajstić information content (AvgIpc) is 3.30. The second-order valence-electron chi connectivity index (χ2n) is 9.75. The summed E-state index contributed by atoms with van der Waals surface area (Å²) in [6.07, 6.45) is 1.40. The van der Waals surface area contributed by atoms with Gasteiger partial charge in [0.25, 0.3) is 0 Å². The van der Waals surface area contributed by atoms with Crippen molar-refractivity contribution in [3.05, 3.63) is 89.0 Å². The summed E-state index contributed by atoms with van der Waals surface area (Å²) in [5.74, 6) is -0.0962. The van der Waals surface area contributed by atoms with Crippen molar-refractivity contribution in [2.24, 2.45) is 0 Å². The second-order valence-corrected chi connectivity index (χ2v) is 9.75. The second kappa shape index (κ2) is 10.3. The molecule has 3 aromatic carbocycles. The van der Waals surface area contributed by atoms with Crippen molar-refractivity contribution >= 4 is 11.9 Å². The van der Waals surface area contributed by atoms with Crippen LogP contribution in [0.5, 0.6) is 5.75 Å². The van der Waals surface area contributed by atoms with Gasteiger partial charge in [0.05, 0.1) is 24.7 Å². The van der Waals surface area contributed by atoms with Crippen molar-refractivity contribution in [3.63, 3.8) is 0 Å². The number of rotatable bonds is 7. The Morgan fingerprint density at radius 3 is 2.29 bits per heavy atom. The van der Waals surface area contributed by atoms with Crippen LogP contribution in [0, 0.1) is 0 Å². The van der Waals surface area contributed by atoms with Gasteiger partial charge in [-0.15, -0.1) is 0 Å². The summed E-state index contributed by atoms with van der Waals surface area (Å²) >= 11 is 0. The van der Waals surface area contributed by atoms with E-state index in [-0.39, 0.29) is 11.9 Å². The fourth-order valence-electron chi connectivity index (χ4n) is 4.20. The first kappa shape index (κ1) is 24.5. The van der Waals surface area contributed by atoms with E-state index in [1.54, 1.807) is 12.1 Å². The van der Waals surface area contributed by atoms with E-state index in [0.29, 0.717) is 18.6 Å². The van der Waals surface area contributed by atoms with Crippen LogP contribution in [0.4, 0.5) is 0 Å². The number of ether oxygens (including phenoxy) is 3. The number of esters is 2. The molecule has 35 heavy (non-hydrogen) atoms. The van der Waals surface area contributed by atoms with Gasteiger partial charge in [-0.05, 0) is 86.2 Å². The molecule has 1 aliphatic heterocycles. The molecule has 0 aliphatic carbocycles. The third kappa shape index (κ3) is 6.10. The average molecular weight is 473 g/mol. The minimum Gasteiger partial charge on any atom is -0.493 e. The van der Waals surface area contributed by atoms with Gasteiger partial charge < -0.3 is 14.2 Å². The summed E-state index contributed by atoms with van der Waals surface area (Å²) in [4.78, 5) is 25.2. The van der Waals surface area contributed by atoms with Crippen molar-refractivity contribution in [1.82, 2.24) is 0 Å². The Kier molecular flexibility index (Phi) is 7.25. The van der Waals surface area contributed by atoms with Gasteiger partial charge in [0.15, 0.2) is 0 Å². The normalized spacial score (nSPS) is 13.5.